The summed E-state index contributed by atoms with van der Waals surface area (Å²) < 4.78 is 0. The highest BCUT2D eigenvalue weighted by atomic mass is 14.9. The second-order valence-electron chi connectivity index (χ2n) is 3.56. The smallest absolute Gasteiger partial charge is 0.00432 e. The molecule has 0 aromatic rings. The minimum Gasteiger partial charge on any atom is -0.317 e. The Morgan fingerprint density at radius 1 is 1.31 bits per heavy atom. The van der Waals surface area contributed by atoms with Gasteiger partial charge < -0.3 is 5.32 Å². The van der Waals surface area contributed by atoms with E-state index in [0.29, 0.717) is 0 Å². The summed E-state index contributed by atoms with van der Waals surface area (Å²) in [6.45, 7) is 8.20. The van der Waals surface area contributed by atoms with Gasteiger partial charge in [0.25, 0.3) is 0 Å². The van der Waals surface area contributed by atoms with E-state index in [-0.39, 0.29) is 0 Å². The molecule has 0 amide bonds. The van der Waals surface area contributed by atoms with Crippen LogP contribution in [0.4, 0.5) is 0 Å². The predicted molar refractivity (Wildman–Crippen MR) is 58.7 cm³/mol. The predicted octanol–water partition coefficient (Wildman–Crippen LogP) is 2.67. The van der Waals surface area contributed by atoms with Crippen molar-refractivity contribution in [3.8, 4) is 0 Å². The summed E-state index contributed by atoms with van der Waals surface area (Å²) >= 11 is 0. The first-order valence-corrected chi connectivity index (χ1v) is 5.01. The summed E-state index contributed by atoms with van der Waals surface area (Å²) in [5.74, 6) is 0.788. The fourth-order valence-electron chi connectivity index (χ4n) is 1.70. The number of nitrogens with one attached hydrogen (secondary N) is 1. The number of piperidine rings is 1. The Kier molecular flexibility index (Phi) is 4.55. The van der Waals surface area contributed by atoms with Crippen molar-refractivity contribution >= 4 is 0 Å². The molecule has 0 bridgehead atoms. The van der Waals surface area contributed by atoms with Gasteiger partial charge in [0.2, 0.25) is 0 Å². The van der Waals surface area contributed by atoms with Crippen LogP contribution < -0.4 is 5.32 Å². The maximum absolute atomic E-state index is 3.64. The fraction of sp³-hybridized carbons (Fsp3) is 0.500. The second kappa shape index (κ2) is 5.76. The Labute approximate surface area is 81.2 Å². The normalized spacial score (nSPS) is 20.8. The molecule has 1 saturated heterocycles. The summed E-state index contributed by atoms with van der Waals surface area (Å²) in [5.41, 5.74) is 1.50. The Morgan fingerprint density at radius 2 is 2.00 bits per heavy atom. The molecule has 0 spiro atoms. The first-order chi connectivity index (χ1) is 6.34. The summed E-state index contributed by atoms with van der Waals surface area (Å²) in [6, 6.07) is 0. The first-order valence-electron chi connectivity index (χ1n) is 5.01. The van der Waals surface area contributed by atoms with Crippen LogP contribution in [0.25, 0.3) is 0 Å². The zero-order chi connectivity index (χ0) is 9.52. The van der Waals surface area contributed by atoms with Gasteiger partial charge in [0, 0.05) is 0 Å². The highest BCUT2D eigenvalue weighted by Crippen LogP contribution is 2.20. The molecule has 72 valence electrons. The van der Waals surface area contributed by atoms with Gasteiger partial charge in [0.15, 0.2) is 0 Å². The molecule has 0 aromatic heterocycles. The number of rotatable bonds is 3. The molecule has 0 aliphatic carbocycles. The molecule has 1 heteroatoms. The SMILES string of the molecule is C=C/C=C\C=C(/C)C1CCNCC1. The molecular weight excluding hydrogens is 158 g/mol. The maximum Gasteiger partial charge on any atom is -0.00432 e. The average Bonchev–Trinajstić information content (AvgIpc) is 2.19. The minimum absolute atomic E-state index is 0.788. The van der Waals surface area contributed by atoms with Gasteiger partial charge in [-0.1, -0.05) is 36.5 Å². The highest BCUT2D eigenvalue weighted by Gasteiger charge is 2.13. The standard InChI is InChI=1S/C12H19N/c1-3-4-5-6-11(2)12-7-9-13-10-8-12/h3-6,12-13H,1,7-10H2,2H3/b5-4-,11-6+. The molecular formula is C12H19N. The third kappa shape index (κ3) is 3.60. The molecule has 1 aliphatic heterocycles. The Balaban J connectivity index is 2.44. The molecule has 0 unspecified atom stereocenters. The summed E-state index contributed by atoms with van der Waals surface area (Å²) in [4.78, 5) is 0. The summed E-state index contributed by atoms with van der Waals surface area (Å²) in [6.07, 6.45) is 10.6. The maximum atomic E-state index is 3.64. The van der Waals surface area contributed by atoms with Gasteiger partial charge in [-0.05, 0) is 38.8 Å². The summed E-state index contributed by atoms with van der Waals surface area (Å²) in [7, 11) is 0. The van der Waals surface area contributed by atoms with Crippen LogP contribution in [0, 0.1) is 5.92 Å². The Hall–Kier alpha value is -0.820. The van der Waals surface area contributed by atoms with Gasteiger partial charge in [-0.3, -0.25) is 0 Å². The van der Waals surface area contributed by atoms with Gasteiger partial charge in [-0.15, -0.1) is 0 Å². The zero-order valence-corrected chi connectivity index (χ0v) is 8.42. The lowest BCUT2D eigenvalue weighted by atomic mass is 9.91. The summed E-state index contributed by atoms with van der Waals surface area (Å²) in [5, 5.41) is 3.38. The van der Waals surface area contributed by atoms with Crippen molar-refractivity contribution in [2.75, 3.05) is 13.1 Å². The molecule has 13 heavy (non-hydrogen) atoms. The van der Waals surface area contributed by atoms with Gasteiger partial charge >= 0.3 is 0 Å². The third-order valence-corrected chi connectivity index (χ3v) is 2.59. The van der Waals surface area contributed by atoms with Crippen molar-refractivity contribution in [2.24, 2.45) is 5.92 Å². The lowest BCUT2D eigenvalue weighted by molar-refractivity contribution is 0.420. The number of hydrogen-bond donors (Lipinski definition) is 1. The van der Waals surface area contributed by atoms with Crippen molar-refractivity contribution in [3.63, 3.8) is 0 Å². The topological polar surface area (TPSA) is 12.0 Å². The van der Waals surface area contributed by atoms with Crippen molar-refractivity contribution in [3.05, 3.63) is 36.5 Å². The number of allylic oxidation sites excluding steroid dienone is 5. The van der Waals surface area contributed by atoms with Gasteiger partial charge in [0.05, 0.1) is 0 Å². The monoisotopic (exact) mass is 177 g/mol. The van der Waals surface area contributed by atoms with E-state index in [2.05, 4.69) is 31.0 Å². The van der Waals surface area contributed by atoms with Crippen LogP contribution >= 0.6 is 0 Å². The molecule has 0 aromatic carbocycles. The first kappa shape index (κ1) is 10.3. The minimum atomic E-state index is 0.788. The van der Waals surface area contributed by atoms with E-state index in [1.165, 1.54) is 31.5 Å². The van der Waals surface area contributed by atoms with Gasteiger partial charge in [-0.25, -0.2) is 0 Å². The van der Waals surface area contributed by atoms with Crippen molar-refractivity contribution in [1.29, 1.82) is 0 Å². The Morgan fingerprint density at radius 3 is 2.62 bits per heavy atom. The van der Waals surface area contributed by atoms with Crippen LogP contribution in [0.2, 0.25) is 0 Å². The van der Waals surface area contributed by atoms with Crippen LogP contribution in [-0.2, 0) is 0 Å². The molecule has 0 saturated carbocycles. The van der Waals surface area contributed by atoms with E-state index in [1.54, 1.807) is 0 Å². The van der Waals surface area contributed by atoms with Crippen molar-refractivity contribution in [1.82, 2.24) is 5.32 Å². The molecule has 1 rings (SSSR count). The van der Waals surface area contributed by atoms with Crippen LogP contribution in [0.1, 0.15) is 19.8 Å². The molecule has 1 fully saturated rings. The van der Waals surface area contributed by atoms with E-state index in [0.717, 1.165) is 5.92 Å². The molecule has 0 radical (unpaired) electrons. The average molecular weight is 177 g/mol. The van der Waals surface area contributed by atoms with Crippen LogP contribution in [-0.4, -0.2) is 13.1 Å². The number of hydrogen-bond acceptors (Lipinski definition) is 1. The Bertz CT molecular complexity index is 207. The van der Waals surface area contributed by atoms with Crippen molar-refractivity contribution < 1.29 is 0 Å². The van der Waals surface area contributed by atoms with E-state index < -0.39 is 0 Å². The lowest BCUT2D eigenvalue weighted by Gasteiger charge is -2.23. The second-order valence-corrected chi connectivity index (χ2v) is 3.56. The third-order valence-electron chi connectivity index (χ3n) is 2.59. The molecule has 1 N–H and O–H groups in total. The molecule has 1 nitrogen and oxygen atoms in total. The molecule has 0 atom stereocenters. The van der Waals surface area contributed by atoms with Gasteiger partial charge in [-0.2, -0.15) is 0 Å². The van der Waals surface area contributed by atoms with Crippen LogP contribution in [0.5, 0.6) is 0 Å². The highest BCUT2D eigenvalue weighted by molar-refractivity contribution is 5.16. The lowest BCUT2D eigenvalue weighted by Crippen LogP contribution is -2.28. The van der Waals surface area contributed by atoms with E-state index in [9.17, 15) is 0 Å². The van der Waals surface area contributed by atoms with E-state index in [4.69, 9.17) is 0 Å². The largest absolute Gasteiger partial charge is 0.317 e. The fourth-order valence-corrected chi connectivity index (χ4v) is 1.70. The molecule has 1 aliphatic rings. The molecule has 1 heterocycles. The van der Waals surface area contributed by atoms with Gasteiger partial charge in [0.1, 0.15) is 0 Å². The van der Waals surface area contributed by atoms with Crippen LogP contribution in [0.3, 0.4) is 0 Å². The quantitative estimate of drug-likeness (QED) is 0.653. The van der Waals surface area contributed by atoms with E-state index >= 15 is 0 Å². The zero-order valence-electron chi connectivity index (χ0n) is 8.42. The van der Waals surface area contributed by atoms with E-state index in [1.807, 2.05) is 12.2 Å². The van der Waals surface area contributed by atoms with Crippen LogP contribution in [0.15, 0.2) is 36.5 Å². The van der Waals surface area contributed by atoms with Crippen molar-refractivity contribution in [2.45, 2.75) is 19.8 Å².